The number of nitrogens with one attached hydrogen (secondary N) is 1. The largest absolute Gasteiger partial charge is 0.424 e. The van der Waals surface area contributed by atoms with Crippen LogP contribution in [0.15, 0.2) is 41.1 Å². The van der Waals surface area contributed by atoms with E-state index in [9.17, 15) is 10.1 Å². The highest BCUT2D eigenvalue weighted by molar-refractivity contribution is 5.77. The second-order valence-corrected chi connectivity index (χ2v) is 4.12. The highest BCUT2D eigenvalue weighted by Crippen LogP contribution is 2.23. The SMILES string of the molecule is O=[N+]([O-])c1ccc2oc(NCCn3cccn3)nc2c1. The summed E-state index contributed by atoms with van der Waals surface area (Å²) in [5.74, 6) is 0. The van der Waals surface area contributed by atoms with E-state index in [1.54, 1.807) is 16.9 Å². The zero-order valence-electron chi connectivity index (χ0n) is 10.4. The van der Waals surface area contributed by atoms with Crippen molar-refractivity contribution < 1.29 is 9.34 Å². The van der Waals surface area contributed by atoms with Crippen molar-refractivity contribution in [2.45, 2.75) is 6.54 Å². The molecular formula is C12H11N5O3. The van der Waals surface area contributed by atoms with E-state index in [1.165, 1.54) is 12.1 Å². The van der Waals surface area contributed by atoms with Gasteiger partial charge in [-0.25, -0.2) is 0 Å². The number of rotatable bonds is 5. The number of hydrogen-bond donors (Lipinski definition) is 1. The number of aromatic nitrogens is 3. The lowest BCUT2D eigenvalue weighted by Gasteiger charge is -2.01. The number of oxazole rings is 1. The molecule has 0 aliphatic carbocycles. The van der Waals surface area contributed by atoms with Crippen molar-refractivity contribution in [2.75, 3.05) is 11.9 Å². The van der Waals surface area contributed by atoms with Crippen molar-refractivity contribution in [1.29, 1.82) is 0 Å². The van der Waals surface area contributed by atoms with Crippen LogP contribution in [0.2, 0.25) is 0 Å². The molecule has 2 aromatic heterocycles. The van der Waals surface area contributed by atoms with Gasteiger partial charge < -0.3 is 9.73 Å². The third-order valence-electron chi connectivity index (χ3n) is 2.76. The molecule has 2 heterocycles. The van der Waals surface area contributed by atoms with E-state index in [4.69, 9.17) is 4.42 Å². The summed E-state index contributed by atoms with van der Waals surface area (Å²) in [5.41, 5.74) is 0.965. The number of nitro groups is 1. The average Bonchev–Trinajstić information content (AvgIpc) is 3.06. The van der Waals surface area contributed by atoms with E-state index in [0.29, 0.717) is 30.2 Å². The van der Waals surface area contributed by atoms with Gasteiger partial charge >= 0.3 is 0 Å². The van der Waals surface area contributed by atoms with E-state index < -0.39 is 4.92 Å². The molecule has 20 heavy (non-hydrogen) atoms. The van der Waals surface area contributed by atoms with Crippen molar-refractivity contribution in [1.82, 2.24) is 14.8 Å². The number of benzene rings is 1. The van der Waals surface area contributed by atoms with E-state index in [1.807, 2.05) is 12.3 Å². The number of nitro benzene ring substituents is 1. The quantitative estimate of drug-likeness (QED) is 0.564. The number of hydrogen-bond acceptors (Lipinski definition) is 6. The Morgan fingerprint density at radius 2 is 2.35 bits per heavy atom. The fraction of sp³-hybridized carbons (Fsp3) is 0.167. The molecule has 8 nitrogen and oxygen atoms in total. The predicted octanol–water partition coefficient (Wildman–Crippen LogP) is 2.04. The molecule has 0 bridgehead atoms. The summed E-state index contributed by atoms with van der Waals surface area (Å²) in [4.78, 5) is 14.4. The molecule has 0 saturated carbocycles. The van der Waals surface area contributed by atoms with Crippen LogP contribution in [-0.4, -0.2) is 26.2 Å². The van der Waals surface area contributed by atoms with Crippen LogP contribution >= 0.6 is 0 Å². The monoisotopic (exact) mass is 273 g/mol. The molecule has 0 fully saturated rings. The Labute approximate surface area is 113 Å². The molecule has 1 aromatic carbocycles. The maximum absolute atomic E-state index is 10.7. The summed E-state index contributed by atoms with van der Waals surface area (Å²) in [7, 11) is 0. The van der Waals surface area contributed by atoms with Crippen LogP contribution < -0.4 is 5.32 Å². The molecule has 0 unspecified atom stereocenters. The molecular weight excluding hydrogens is 262 g/mol. The Bertz CT molecular complexity index is 735. The fourth-order valence-electron chi connectivity index (χ4n) is 1.82. The Morgan fingerprint density at radius 1 is 1.45 bits per heavy atom. The molecule has 0 saturated heterocycles. The van der Waals surface area contributed by atoms with Crippen molar-refractivity contribution in [3.63, 3.8) is 0 Å². The Morgan fingerprint density at radius 3 is 3.10 bits per heavy atom. The third-order valence-corrected chi connectivity index (χ3v) is 2.76. The van der Waals surface area contributed by atoms with Gasteiger partial charge in [-0.1, -0.05) is 0 Å². The summed E-state index contributed by atoms with van der Waals surface area (Å²) < 4.78 is 7.23. The van der Waals surface area contributed by atoms with Crippen LogP contribution in [0.4, 0.5) is 11.7 Å². The summed E-state index contributed by atoms with van der Waals surface area (Å²) in [6.45, 7) is 1.27. The molecule has 0 spiro atoms. The van der Waals surface area contributed by atoms with E-state index >= 15 is 0 Å². The van der Waals surface area contributed by atoms with Gasteiger partial charge in [-0.15, -0.1) is 0 Å². The zero-order chi connectivity index (χ0) is 13.9. The third kappa shape index (κ3) is 2.44. The summed E-state index contributed by atoms with van der Waals surface area (Å²) in [6, 6.07) is 6.50. The van der Waals surface area contributed by atoms with Crippen LogP contribution in [0.5, 0.6) is 0 Å². The average molecular weight is 273 g/mol. The zero-order valence-corrected chi connectivity index (χ0v) is 10.4. The van der Waals surface area contributed by atoms with Gasteiger partial charge in [0.25, 0.3) is 11.7 Å². The molecule has 0 aliphatic heterocycles. The maximum atomic E-state index is 10.7. The van der Waals surface area contributed by atoms with Crippen LogP contribution in [0, 0.1) is 10.1 Å². The van der Waals surface area contributed by atoms with Crippen molar-refractivity contribution in [3.8, 4) is 0 Å². The van der Waals surface area contributed by atoms with Gasteiger partial charge in [0.15, 0.2) is 5.58 Å². The molecule has 8 heteroatoms. The van der Waals surface area contributed by atoms with Crippen molar-refractivity contribution >= 4 is 22.8 Å². The number of non-ortho nitro benzene ring substituents is 1. The summed E-state index contributed by atoms with van der Waals surface area (Å²) in [5, 5.41) is 17.8. The van der Waals surface area contributed by atoms with Crippen LogP contribution in [0.3, 0.4) is 0 Å². The lowest BCUT2D eigenvalue weighted by Crippen LogP contribution is -2.10. The highest BCUT2D eigenvalue weighted by atomic mass is 16.6. The number of fused-ring (bicyclic) bond motifs is 1. The first kappa shape index (κ1) is 12.2. The number of nitrogens with zero attached hydrogens (tertiary/aromatic N) is 4. The summed E-state index contributed by atoms with van der Waals surface area (Å²) in [6.07, 6.45) is 3.57. The Kier molecular flexibility index (Phi) is 3.04. The molecule has 0 amide bonds. The van der Waals surface area contributed by atoms with Crippen molar-refractivity contribution in [3.05, 3.63) is 46.8 Å². The fourth-order valence-corrected chi connectivity index (χ4v) is 1.82. The highest BCUT2D eigenvalue weighted by Gasteiger charge is 2.11. The second kappa shape index (κ2) is 5.00. The summed E-state index contributed by atoms with van der Waals surface area (Å²) >= 11 is 0. The molecule has 3 rings (SSSR count). The first-order valence-corrected chi connectivity index (χ1v) is 5.99. The van der Waals surface area contributed by atoms with Gasteiger partial charge in [-0.3, -0.25) is 14.8 Å². The maximum Gasteiger partial charge on any atom is 0.295 e. The van der Waals surface area contributed by atoms with Gasteiger partial charge in [-0.2, -0.15) is 10.1 Å². The van der Waals surface area contributed by atoms with Crippen LogP contribution in [-0.2, 0) is 6.54 Å². The van der Waals surface area contributed by atoms with E-state index in [-0.39, 0.29) is 5.69 Å². The first-order valence-electron chi connectivity index (χ1n) is 5.99. The Balaban J connectivity index is 1.70. The van der Waals surface area contributed by atoms with Crippen molar-refractivity contribution in [2.24, 2.45) is 0 Å². The molecule has 0 aliphatic rings. The predicted molar refractivity (Wildman–Crippen MR) is 71.4 cm³/mol. The van der Waals surface area contributed by atoms with Gasteiger partial charge in [0.1, 0.15) is 5.52 Å². The lowest BCUT2D eigenvalue weighted by atomic mass is 10.3. The van der Waals surface area contributed by atoms with Gasteiger partial charge in [-0.05, 0) is 12.1 Å². The van der Waals surface area contributed by atoms with Gasteiger partial charge in [0.05, 0.1) is 11.5 Å². The van der Waals surface area contributed by atoms with E-state index in [0.717, 1.165) is 0 Å². The van der Waals surface area contributed by atoms with Crippen LogP contribution in [0.1, 0.15) is 0 Å². The van der Waals surface area contributed by atoms with E-state index in [2.05, 4.69) is 15.4 Å². The smallest absolute Gasteiger partial charge is 0.295 e. The minimum Gasteiger partial charge on any atom is -0.424 e. The van der Waals surface area contributed by atoms with Gasteiger partial charge in [0, 0.05) is 31.1 Å². The minimum absolute atomic E-state index is 0.00566. The minimum atomic E-state index is -0.459. The molecule has 3 aromatic rings. The lowest BCUT2D eigenvalue weighted by molar-refractivity contribution is -0.384. The van der Waals surface area contributed by atoms with Crippen LogP contribution in [0.25, 0.3) is 11.1 Å². The topological polar surface area (TPSA) is 99.0 Å². The number of anilines is 1. The first-order chi connectivity index (χ1) is 9.72. The Hall–Kier alpha value is -2.90. The molecule has 1 N–H and O–H groups in total. The molecule has 0 radical (unpaired) electrons. The molecule has 0 atom stereocenters. The normalized spacial score (nSPS) is 10.8. The van der Waals surface area contributed by atoms with Gasteiger partial charge in [0.2, 0.25) is 0 Å². The second-order valence-electron chi connectivity index (χ2n) is 4.12. The molecule has 102 valence electrons. The standard InChI is InChI=1S/C12H11N5O3/c18-17(19)9-2-3-11-10(8-9)15-12(20-11)13-5-7-16-6-1-4-14-16/h1-4,6,8H,5,7H2,(H,13,15).